The molecule has 0 bridgehead atoms. The summed E-state index contributed by atoms with van der Waals surface area (Å²) in [5.41, 5.74) is 1.50. The number of amides is 1. The molecule has 0 aliphatic heterocycles. The number of aromatic nitrogens is 4. The normalized spacial score (nSPS) is 10.7. The number of benzene rings is 2. The van der Waals surface area contributed by atoms with E-state index in [-0.39, 0.29) is 24.0 Å². The van der Waals surface area contributed by atoms with E-state index >= 15 is 0 Å². The van der Waals surface area contributed by atoms with Crippen molar-refractivity contribution in [3.05, 3.63) is 89.3 Å². The summed E-state index contributed by atoms with van der Waals surface area (Å²) in [4.78, 5) is 16.7. The zero-order valence-corrected chi connectivity index (χ0v) is 16.1. The third-order valence-electron chi connectivity index (χ3n) is 4.36. The largest absolute Gasteiger partial charge is 0.486 e. The third-order valence-corrected chi connectivity index (χ3v) is 4.36. The molecule has 2 aromatic carbocycles. The summed E-state index contributed by atoms with van der Waals surface area (Å²) in [5, 5.41) is 10.6. The Labute approximate surface area is 171 Å². The number of carbonyl (C=O) groups excluding carboxylic acids is 1. The highest BCUT2D eigenvalue weighted by Crippen LogP contribution is 2.21. The lowest BCUT2D eigenvalue weighted by atomic mass is 10.2. The Morgan fingerprint density at radius 3 is 2.73 bits per heavy atom. The number of ether oxygens (including phenoxy) is 1. The van der Waals surface area contributed by atoms with Crippen molar-refractivity contribution < 1.29 is 18.4 Å². The van der Waals surface area contributed by atoms with Crippen LogP contribution in [-0.4, -0.2) is 25.8 Å². The molecule has 0 saturated carbocycles. The summed E-state index contributed by atoms with van der Waals surface area (Å²) in [6, 6.07) is 15.8. The number of aryl methyl sites for hydroxylation is 1. The van der Waals surface area contributed by atoms with E-state index in [1.54, 1.807) is 23.7 Å². The molecule has 0 aliphatic carbocycles. The molecule has 0 aliphatic rings. The van der Waals surface area contributed by atoms with Crippen LogP contribution >= 0.6 is 0 Å². The van der Waals surface area contributed by atoms with Gasteiger partial charge < -0.3 is 9.26 Å². The van der Waals surface area contributed by atoms with E-state index in [1.807, 2.05) is 30.3 Å². The molecule has 152 valence electrons. The van der Waals surface area contributed by atoms with Crippen LogP contribution in [0.25, 0.3) is 0 Å². The summed E-state index contributed by atoms with van der Waals surface area (Å²) in [6.07, 6.45) is 1.53. The SMILES string of the molecule is Cc1onc(C(=O)Nc2ncn(Cc3ccccc3)n2)c1COc1ccccc1F. The molecule has 1 N–H and O–H groups in total. The molecular formula is C21H18FN5O3. The Morgan fingerprint density at radius 2 is 1.93 bits per heavy atom. The molecule has 4 aromatic rings. The van der Waals surface area contributed by atoms with Crippen LogP contribution < -0.4 is 10.1 Å². The van der Waals surface area contributed by atoms with Gasteiger partial charge in [-0.05, 0) is 24.6 Å². The van der Waals surface area contributed by atoms with Crippen LogP contribution in [0.1, 0.15) is 27.4 Å². The van der Waals surface area contributed by atoms with Crippen molar-refractivity contribution in [3.8, 4) is 5.75 Å². The maximum absolute atomic E-state index is 13.8. The average molecular weight is 407 g/mol. The number of hydrogen-bond donors (Lipinski definition) is 1. The van der Waals surface area contributed by atoms with Gasteiger partial charge >= 0.3 is 0 Å². The smallest absolute Gasteiger partial charge is 0.280 e. The lowest BCUT2D eigenvalue weighted by Crippen LogP contribution is -2.16. The molecule has 0 atom stereocenters. The third kappa shape index (κ3) is 4.35. The van der Waals surface area contributed by atoms with Gasteiger partial charge in [-0.3, -0.25) is 10.1 Å². The molecule has 0 fully saturated rings. The van der Waals surface area contributed by atoms with Crippen molar-refractivity contribution in [2.24, 2.45) is 0 Å². The predicted molar refractivity (Wildman–Crippen MR) is 105 cm³/mol. The molecule has 0 unspecified atom stereocenters. The second kappa shape index (κ2) is 8.56. The lowest BCUT2D eigenvalue weighted by Gasteiger charge is -2.07. The van der Waals surface area contributed by atoms with Crippen LogP contribution in [0.4, 0.5) is 10.3 Å². The summed E-state index contributed by atoms with van der Waals surface area (Å²) in [5.74, 6) is -0.426. The fourth-order valence-electron chi connectivity index (χ4n) is 2.81. The second-order valence-electron chi connectivity index (χ2n) is 6.49. The molecule has 2 heterocycles. The molecule has 0 radical (unpaired) electrons. The van der Waals surface area contributed by atoms with Gasteiger partial charge in [-0.15, -0.1) is 5.10 Å². The topological polar surface area (TPSA) is 95.1 Å². The molecule has 2 aromatic heterocycles. The Kier molecular flexibility index (Phi) is 5.51. The molecule has 8 nitrogen and oxygen atoms in total. The number of carbonyl (C=O) groups is 1. The number of anilines is 1. The minimum Gasteiger partial charge on any atom is -0.486 e. The number of nitrogens with one attached hydrogen (secondary N) is 1. The fourth-order valence-corrected chi connectivity index (χ4v) is 2.81. The van der Waals surface area contributed by atoms with Gasteiger partial charge in [0.1, 0.15) is 18.7 Å². The van der Waals surface area contributed by atoms with Crippen molar-refractivity contribution in [1.29, 1.82) is 0 Å². The van der Waals surface area contributed by atoms with Crippen molar-refractivity contribution in [2.75, 3.05) is 5.32 Å². The van der Waals surface area contributed by atoms with E-state index in [1.165, 1.54) is 18.5 Å². The second-order valence-corrected chi connectivity index (χ2v) is 6.49. The van der Waals surface area contributed by atoms with E-state index in [9.17, 15) is 9.18 Å². The molecule has 0 spiro atoms. The first-order valence-corrected chi connectivity index (χ1v) is 9.17. The first-order chi connectivity index (χ1) is 14.6. The number of rotatable bonds is 7. The quantitative estimate of drug-likeness (QED) is 0.503. The summed E-state index contributed by atoms with van der Waals surface area (Å²) in [6.45, 7) is 2.10. The minimum absolute atomic E-state index is 0.0308. The van der Waals surface area contributed by atoms with Gasteiger partial charge in [0, 0.05) is 0 Å². The van der Waals surface area contributed by atoms with Crippen molar-refractivity contribution >= 4 is 11.9 Å². The highest BCUT2D eigenvalue weighted by atomic mass is 19.1. The number of hydrogen-bond acceptors (Lipinski definition) is 6. The van der Waals surface area contributed by atoms with Crippen molar-refractivity contribution in [3.63, 3.8) is 0 Å². The molecule has 1 amide bonds. The van der Waals surface area contributed by atoms with Gasteiger partial charge in [0.05, 0.1) is 12.1 Å². The molecule has 0 saturated heterocycles. The summed E-state index contributed by atoms with van der Waals surface area (Å²) in [7, 11) is 0. The monoisotopic (exact) mass is 407 g/mol. The van der Waals surface area contributed by atoms with Crippen LogP contribution in [-0.2, 0) is 13.2 Å². The zero-order valence-electron chi connectivity index (χ0n) is 16.1. The van der Waals surface area contributed by atoms with Crippen LogP contribution in [0.5, 0.6) is 5.75 Å². The Balaban J connectivity index is 1.44. The maximum Gasteiger partial charge on any atom is 0.280 e. The Hall–Kier alpha value is -4.01. The molecule has 30 heavy (non-hydrogen) atoms. The minimum atomic E-state index is -0.545. The molecule has 4 rings (SSSR count). The number of halogens is 1. The zero-order chi connectivity index (χ0) is 20.9. The van der Waals surface area contributed by atoms with E-state index < -0.39 is 11.7 Å². The van der Waals surface area contributed by atoms with Gasteiger partial charge in [-0.2, -0.15) is 0 Å². The Morgan fingerprint density at radius 1 is 1.17 bits per heavy atom. The fraction of sp³-hybridized carbons (Fsp3) is 0.143. The molecule has 9 heteroatoms. The van der Waals surface area contributed by atoms with Crippen molar-refractivity contribution in [1.82, 2.24) is 19.9 Å². The van der Waals surface area contributed by atoms with Gasteiger partial charge in [0.25, 0.3) is 5.91 Å². The lowest BCUT2D eigenvalue weighted by molar-refractivity contribution is 0.101. The predicted octanol–water partition coefficient (Wildman–Crippen LogP) is 3.59. The summed E-state index contributed by atoms with van der Waals surface area (Å²) < 4.78 is 26.0. The highest BCUT2D eigenvalue weighted by Gasteiger charge is 2.22. The van der Waals surface area contributed by atoms with Crippen LogP contribution in [0.15, 0.2) is 65.4 Å². The van der Waals surface area contributed by atoms with Crippen LogP contribution in [0.3, 0.4) is 0 Å². The van der Waals surface area contributed by atoms with E-state index in [4.69, 9.17) is 9.26 Å². The first kappa shape index (κ1) is 19.3. The maximum atomic E-state index is 13.8. The Bertz CT molecular complexity index is 1160. The van der Waals surface area contributed by atoms with Gasteiger partial charge in [0.2, 0.25) is 5.95 Å². The van der Waals surface area contributed by atoms with Gasteiger partial charge in [0.15, 0.2) is 17.3 Å². The first-order valence-electron chi connectivity index (χ1n) is 9.17. The van der Waals surface area contributed by atoms with Crippen LogP contribution in [0.2, 0.25) is 0 Å². The summed E-state index contributed by atoms with van der Waals surface area (Å²) >= 11 is 0. The van der Waals surface area contributed by atoms with E-state index in [0.717, 1.165) is 5.56 Å². The average Bonchev–Trinajstić information content (AvgIpc) is 3.34. The van der Waals surface area contributed by atoms with Gasteiger partial charge in [-0.25, -0.2) is 14.1 Å². The van der Waals surface area contributed by atoms with Crippen LogP contribution in [0, 0.1) is 12.7 Å². The number of nitrogens with zero attached hydrogens (tertiary/aromatic N) is 4. The molecular weight excluding hydrogens is 389 g/mol. The van der Waals surface area contributed by atoms with E-state index in [2.05, 4.69) is 20.6 Å². The highest BCUT2D eigenvalue weighted by molar-refractivity contribution is 6.02. The standard InChI is InChI=1S/C21H18FN5O3/c1-14-16(12-29-18-10-6-5-9-17(18)22)19(26-30-14)20(28)24-21-23-13-27(25-21)11-15-7-3-2-4-8-15/h2-10,13H,11-12H2,1H3,(H,24,25,28). The van der Waals surface area contributed by atoms with Crippen molar-refractivity contribution in [2.45, 2.75) is 20.1 Å². The number of para-hydroxylation sites is 1. The van der Waals surface area contributed by atoms with Gasteiger partial charge in [-0.1, -0.05) is 47.6 Å². The van der Waals surface area contributed by atoms with E-state index in [0.29, 0.717) is 17.9 Å².